The first-order valence-electron chi connectivity index (χ1n) is 6.14. The number of aryl methyl sites for hydroxylation is 2. The number of carbonyl (C=O) groups is 1. The van der Waals surface area contributed by atoms with E-state index in [-0.39, 0.29) is 5.78 Å². The minimum atomic E-state index is 0.0404. The molecule has 20 heavy (non-hydrogen) atoms. The molecule has 2 aromatic rings. The van der Waals surface area contributed by atoms with Crippen molar-refractivity contribution in [3.8, 4) is 0 Å². The number of halogens is 3. The van der Waals surface area contributed by atoms with Crippen molar-refractivity contribution in [1.82, 2.24) is 9.78 Å². The average molecular weight is 468 g/mol. The maximum Gasteiger partial charge on any atom is 0.168 e. The first-order chi connectivity index (χ1) is 9.43. The monoisotopic (exact) mass is 466 g/mol. The van der Waals surface area contributed by atoms with Crippen LogP contribution in [0, 0.1) is 10.5 Å². The van der Waals surface area contributed by atoms with Crippen molar-refractivity contribution in [1.29, 1.82) is 0 Å². The summed E-state index contributed by atoms with van der Waals surface area (Å²) in [7, 11) is 0. The summed E-state index contributed by atoms with van der Waals surface area (Å²) in [6.07, 6.45) is 0.312. The summed E-state index contributed by atoms with van der Waals surface area (Å²) in [5.41, 5.74) is 2.43. The molecular weight excluding hydrogens is 454 g/mol. The molecule has 0 spiro atoms. The van der Waals surface area contributed by atoms with Crippen LogP contribution in [0.15, 0.2) is 22.7 Å². The van der Waals surface area contributed by atoms with E-state index in [0.29, 0.717) is 17.0 Å². The molecule has 0 saturated heterocycles. The fourth-order valence-corrected chi connectivity index (χ4v) is 2.90. The van der Waals surface area contributed by atoms with Gasteiger partial charge >= 0.3 is 0 Å². The summed E-state index contributed by atoms with van der Waals surface area (Å²) in [6.45, 7) is 4.67. The van der Waals surface area contributed by atoms with E-state index in [9.17, 15) is 4.79 Å². The topological polar surface area (TPSA) is 34.9 Å². The van der Waals surface area contributed by atoms with Gasteiger partial charge in [0, 0.05) is 15.7 Å². The second-order valence-corrected chi connectivity index (χ2v) is 6.75. The number of nitrogens with zero attached hydrogens (tertiary/aromatic N) is 2. The Morgan fingerprint density at radius 3 is 2.80 bits per heavy atom. The fourth-order valence-electron chi connectivity index (χ4n) is 1.96. The zero-order valence-corrected chi connectivity index (χ0v) is 15.6. The van der Waals surface area contributed by atoms with Crippen LogP contribution in [0.5, 0.6) is 0 Å². The number of hydrogen-bond acceptors (Lipinski definition) is 2. The van der Waals surface area contributed by atoms with Gasteiger partial charge in [0.1, 0.15) is 0 Å². The predicted molar refractivity (Wildman–Crippen MR) is 92.5 cm³/mol. The smallest absolute Gasteiger partial charge is 0.168 e. The van der Waals surface area contributed by atoms with Crippen LogP contribution in [-0.4, -0.2) is 15.6 Å². The Hall–Kier alpha value is -0.400. The summed E-state index contributed by atoms with van der Waals surface area (Å²) < 4.78 is 3.70. The molecule has 0 fully saturated rings. The van der Waals surface area contributed by atoms with Gasteiger partial charge < -0.3 is 0 Å². The largest absolute Gasteiger partial charge is 0.294 e. The lowest BCUT2D eigenvalue weighted by Gasteiger charge is -2.06. The van der Waals surface area contributed by atoms with Gasteiger partial charge in [0.25, 0.3) is 0 Å². The summed E-state index contributed by atoms with van der Waals surface area (Å²) in [4.78, 5) is 12.4. The van der Waals surface area contributed by atoms with Crippen molar-refractivity contribution < 1.29 is 4.79 Å². The number of hydrogen-bond donors (Lipinski definition) is 0. The van der Waals surface area contributed by atoms with Gasteiger partial charge in [-0.15, -0.1) is 0 Å². The van der Waals surface area contributed by atoms with Crippen molar-refractivity contribution in [2.45, 2.75) is 26.8 Å². The third kappa shape index (κ3) is 3.26. The molecule has 1 heterocycles. The lowest BCUT2D eigenvalue weighted by Crippen LogP contribution is -2.10. The van der Waals surface area contributed by atoms with Gasteiger partial charge in [-0.1, -0.05) is 17.7 Å². The first kappa shape index (κ1) is 16.0. The Bertz CT molecular complexity index is 669. The molecule has 0 aliphatic heterocycles. The Morgan fingerprint density at radius 1 is 1.50 bits per heavy atom. The minimum absolute atomic E-state index is 0.0404. The van der Waals surface area contributed by atoms with E-state index >= 15 is 0 Å². The molecule has 0 unspecified atom stereocenters. The number of Topliss-reactive ketones (excluding diaryl/α,β-unsaturated/α-hetero) is 1. The normalized spacial score (nSPS) is 10.8. The molecule has 0 aliphatic rings. The average Bonchev–Trinajstić information content (AvgIpc) is 2.69. The molecule has 106 valence electrons. The predicted octanol–water partition coefficient (Wildman–Crippen LogP) is 4.66. The zero-order chi connectivity index (χ0) is 14.9. The number of rotatable bonds is 4. The zero-order valence-electron chi connectivity index (χ0n) is 11.1. The van der Waals surface area contributed by atoms with Crippen LogP contribution in [0.4, 0.5) is 0 Å². The van der Waals surface area contributed by atoms with Crippen LogP contribution in [-0.2, 0) is 13.0 Å². The van der Waals surface area contributed by atoms with E-state index < -0.39 is 0 Å². The quantitative estimate of drug-likeness (QED) is 0.484. The van der Waals surface area contributed by atoms with Crippen molar-refractivity contribution in [2.24, 2.45) is 0 Å². The van der Waals surface area contributed by atoms with Gasteiger partial charge in [-0.25, -0.2) is 0 Å². The van der Waals surface area contributed by atoms with E-state index in [1.165, 1.54) is 0 Å². The standard InChI is InChI=1S/C14H13BrClIN2O/c1-3-19-12(14(15)8(2)18-19)7-13(20)9-4-5-11(17)10(16)6-9/h4-6H,3,7H2,1-2H3. The summed E-state index contributed by atoms with van der Waals surface area (Å²) >= 11 is 11.7. The lowest BCUT2D eigenvalue weighted by molar-refractivity contribution is 0.0990. The molecule has 0 amide bonds. The number of ketones is 1. The van der Waals surface area contributed by atoms with Crippen LogP contribution in [0.25, 0.3) is 0 Å². The van der Waals surface area contributed by atoms with E-state index in [1.807, 2.05) is 30.7 Å². The number of aromatic nitrogens is 2. The van der Waals surface area contributed by atoms with Gasteiger partial charge in [-0.3, -0.25) is 9.48 Å². The molecule has 0 saturated carbocycles. The van der Waals surface area contributed by atoms with E-state index in [1.54, 1.807) is 6.07 Å². The summed E-state index contributed by atoms with van der Waals surface area (Å²) in [6, 6.07) is 5.38. The Kier molecular flexibility index (Phi) is 5.25. The summed E-state index contributed by atoms with van der Waals surface area (Å²) in [5.74, 6) is 0.0404. The molecule has 2 rings (SSSR count). The second kappa shape index (κ2) is 6.58. The fraction of sp³-hybridized carbons (Fsp3) is 0.286. The van der Waals surface area contributed by atoms with E-state index in [0.717, 1.165) is 26.0 Å². The Balaban J connectivity index is 2.30. The highest BCUT2D eigenvalue weighted by Crippen LogP contribution is 2.24. The van der Waals surface area contributed by atoms with Gasteiger partial charge in [-0.2, -0.15) is 5.10 Å². The Labute approximate surface area is 145 Å². The molecule has 1 aromatic heterocycles. The van der Waals surface area contributed by atoms with E-state index in [2.05, 4.69) is 43.6 Å². The van der Waals surface area contributed by atoms with Crippen LogP contribution in [0.2, 0.25) is 5.02 Å². The van der Waals surface area contributed by atoms with Gasteiger partial charge in [-0.05, 0) is 64.5 Å². The molecule has 0 aliphatic carbocycles. The van der Waals surface area contributed by atoms with Gasteiger partial charge in [0.2, 0.25) is 0 Å². The van der Waals surface area contributed by atoms with Crippen LogP contribution >= 0.6 is 50.1 Å². The maximum absolute atomic E-state index is 12.4. The van der Waals surface area contributed by atoms with Crippen LogP contribution < -0.4 is 0 Å². The van der Waals surface area contributed by atoms with E-state index in [4.69, 9.17) is 11.6 Å². The minimum Gasteiger partial charge on any atom is -0.294 e. The molecule has 0 atom stereocenters. The van der Waals surface area contributed by atoms with Crippen LogP contribution in [0.1, 0.15) is 28.7 Å². The third-order valence-corrected chi connectivity index (χ3v) is 5.63. The Morgan fingerprint density at radius 2 is 2.20 bits per heavy atom. The maximum atomic E-state index is 12.4. The molecule has 0 radical (unpaired) electrons. The van der Waals surface area contributed by atoms with Crippen molar-refractivity contribution in [2.75, 3.05) is 0 Å². The van der Waals surface area contributed by atoms with Crippen molar-refractivity contribution in [3.63, 3.8) is 0 Å². The molecule has 1 aromatic carbocycles. The first-order valence-corrected chi connectivity index (χ1v) is 8.39. The lowest BCUT2D eigenvalue weighted by atomic mass is 10.1. The second-order valence-electron chi connectivity index (χ2n) is 4.39. The SMILES string of the molecule is CCn1nc(C)c(Br)c1CC(=O)c1ccc(I)c(Cl)c1. The highest BCUT2D eigenvalue weighted by atomic mass is 127. The third-order valence-electron chi connectivity index (χ3n) is 3.02. The molecular formula is C14H13BrClIN2O. The van der Waals surface area contributed by atoms with Crippen molar-refractivity contribution >= 4 is 55.9 Å². The van der Waals surface area contributed by atoms with Crippen molar-refractivity contribution in [3.05, 3.63) is 48.2 Å². The highest BCUT2D eigenvalue weighted by molar-refractivity contribution is 14.1. The molecule has 0 N–H and O–H groups in total. The van der Waals surface area contributed by atoms with Gasteiger partial charge in [0.15, 0.2) is 5.78 Å². The van der Waals surface area contributed by atoms with Gasteiger partial charge in [0.05, 0.1) is 27.3 Å². The highest BCUT2D eigenvalue weighted by Gasteiger charge is 2.17. The number of carbonyl (C=O) groups excluding carboxylic acids is 1. The van der Waals surface area contributed by atoms with Crippen LogP contribution in [0.3, 0.4) is 0 Å². The molecule has 3 nitrogen and oxygen atoms in total. The summed E-state index contributed by atoms with van der Waals surface area (Å²) in [5, 5.41) is 5.00. The molecule has 0 bridgehead atoms. The number of benzene rings is 1. The molecule has 6 heteroatoms.